The maximum absolute atomic E-state index is 11.9. The van der Waals surface area contributed by atoms with Crippen LogP contribution >= 0.6 is 23.4 Å². The molecule has 0 aliphatic rings. The lowest BCUT2D eigenvalue weighted by molar-refractivity contribution is 0.265. The molecule has 0 fully saturated rings. The lowest BCUT2D eigenvalue weighted by Gasteiger charge is -2.19. The zero-order valence-corrected chi connectivity index (χ0v) is 11.1. The van der Waals surface area contributed by atoms with Gasteiger partial charge in [0.25, 0.3) is 5.24 Å². The third-order valence-electron chi connectivity index (χ3n) is 1.95. The summed E-state index contributed by atoms with van der Waals surface area (Å²) in [5, 5.41) is 0.00917. The van der Waals surface area contributed by atoms with Gasteiger partial charge in [0.15, 0.2) is 0 Å². The Labute approximate surface area is 106 Å². The summed E-state index contributed by atoms with van der Waals surface area (Å²) in [7, 11) is 0. The number of hydrogen-bond acceptors (Lipinski definition) is 2. The second-order valence-corrected chi connectivity index (χ2v) is 5.06. The average molecular weight is 258 g/mol. The number of rotatable bonds is 4. The molecule has 16 heavy (non-hydrogen) atoms. The molecule has 1 aromatic carbocycles. The minimum absolute atomic E-state index is 0.00917. The normalized spacial score (nSPS) is 10.5. The fraction of sp³-hybridized carbons (Fsp3) is 0.417. The van der Waals surface area contributed by atoms with Gasteiger partial charge in [-0.25, -0.2) is 0 Å². The van der Waals surface area contributed by atoms with Crippen LogP contribution in [0, 0.1) is 5.92 Å². The first-order valence-electron chi connectivity index (χ1n) is 5.20. The van der Waals surface area contributed by atoms with E-state index in [9.17, 15) is 4.79 Å². The van der Waals surface area contributed by atoms with Crippen LogP contribution in [0.1, 0.15) is 13.8 Å². The van der Waals surface area contributed by atoms with E-state index in [-0.39, 0.29) is 11.2 Å². The second kappa shape index (κ2) is 6.81. The SMILES string of the molecule is CC(C)CSC(=O)N(CCl)c1ccccc1. The predicted molar refractivity (Wildman–Crippen MR) is 72.3 cm³/mol. The first-order valence-corrected chi connectivity index (χ1v) is 6.72. The molecule has 0 saturated heterocycles. The fourth-order valence-electron chi connectivity index (χ4n) is 1.15. The molecule has 0 unspecified atom stereocenters. The summed E-state index contributed by atoms with van der Waals surface area (Å²) in [6.45, 7) is 4.18. The molecule has 4 heteroatoms. The van der Waals surface area contributed by atoms with Gasteiger partial charge in [-0.3, -0.25) is 9.69 Å². The van der Waals surface area contributed by atoms with Crippen molar-refractivity contribution in [2.24, 2.45) is 5.92 Å². The van der Waals surface area contributed by atoms with Crippen LogP contribution in [-0.4, -0.2) is 17.0 Å². The minimum atomic E-state index is 0.00917. The van der Waals surface area contributed by atoms with Crippen molar-refractivity contribution < 1.29 is 4.79 Å². The van der Waals surface area contributed by atoms with E-state index in [4.69, 9.17) is 11.6 Å². The van der Waals surface area contributed by atoms with Gasteiger partial charge in [0.1, 0.15) is 6.00 Å². The highest BCUT2D eigenvalue weighted by atomic mass is 35.5. The molecule has 0 heterocycles. The minimum Gasteiger partial charge on any atom is -0.289 e. The largest absolute Gasteiger partial charge is 0.289 e. The van der Waals surface area contributed by atoms with E-state index in [2.05, 4.69) is 13.8 Å². The number of hydrogen-bond donors (Lipinski definition) is 0. The van der Waals surface area contributed by atoms with Gasteiger partial charge in [0.05, 0.1) is 0 Å². The molecule has 0 atom stereocenters. The monoisotopic (exact) mass is 257 g/mol. The van der Waals surface area contributed by atoms with Crippen LogP contribution in [0.15, 0.2) is 30.3 Å². The van der Waals surface area contributed by atoms with Crippen LogP contribution < -0.4 is 4.90 Å². The quantitative estimate of drug-likeness (QED) is 0.595. The van der Waals surface area contributed by atoms with Gasteiger partial charge in [-0.05, 0) is 18.1 Å². The van der Waals surface area contributed by atoms with Crippen molar-refractivity contribution in [3.8, 4) is 0 Å². The number of alkyl halides is 1. The number of amides is 1. The van der Waals surface area contributed by atoms with Crippen LogP contribution in [0.2, 0.25) is 0 Å². The number of carbonyl (C=O) groups excluding carboxylic acids is 1. The van der Waals surface area contributed by atoms with Crippen molar-refractivity contribution in [1.82, 2.24) is 0 Å². The number of carbonyl (C=O) groups is 1. The summed E-state index contributed by atoms with van der Waals surface area (Å²) in [5.41, 5.74) is 0.846. The second-order valence-electron chi connectivity index (χ2n) is 3.85. The standard InChI is InChI=1S/C12H16ClNOS/c1-10(2)8-16-12(15)14(9-13)11-6-4-3-5-7-11/h3-7,10H,8-9H2,1-2H3. The van der Waals surface area contributed by atoms with Crippen molar-refractivity contribution in [3.63, 3.8) is 0 Å². The summed E-state index contributed by atoms with van der Waals surface area (Å²) in [6, 6.07) is 9.67. The van der Waals surface area contributed by atoms with Crippen molar-refractivity contribution in [2.45, 2.75) is 13.8 Å². The van der Waals surface area contributed by atoms with Gasteiger partial charge >= 0.3 is 0 Å². The van der Waals surface area contributed by atoms with Crippen LogP contribution in [-0.2, 0) is 0 Å². The number of thioether (sulfide) groups is 1. The highest BCUT2D eigenvalue weighted by molar-refractivity contribution is 8.13. The van der Waals surface area contributed by atoms with Crippen molar-refractivity contribution in [1.29, 1.82) is 0 Å². The van der Waals surface area contributed by atoms with E-state index in [1.165, 1.54) is 11.8 Å². The van der Waals surface area contributed by atoms with E-state index in [0.717, 1.165) is 11.4 Å². The van der Waals surface area contributed by atoms with Gasteiger partial charge in [-0.15, -0.1) is 11.6 Å². The lowest BCUT2D eigenvalue weighted by Crippen LogP contribution is -2.26. The Morgan fingerprint density at radius 3 is 2.50 bits per heavy atom. The third-order valence-corrected chi connectivity index (χ3v) is 3.49. The van der Waals surface area contributed by atoms with Crippen LogP contribution in [0.3, 0.4) is 0 Å². The van der Waals surface area contributed by atoms with Crippen LogP contribution in [0.5, 0.6) is 0 Å². The maximum Gasteiger partial charge on any atom is 0.287 e. The Kier molecular flexibility index (Phi) is 5.71. The fourth-order valence-corrected chi connectivity index (χ4v) is 2.27. The molecule has 0 aliphatic carbocycles. The van der Waals surface area contributed by atoms with Gasteiger partial charge < -0.3 is 0 Å². The Bertz CT molecular complexity index is 329. The Hall–Kier alpha value is -0.670. The molecule has 0 saturated carbocycles. The zero-order valence-electron chi connectivity index (χ0n) is 9.52. The summed E-state index contributed by atoms with van der Waals surface area (Å²) >= 11 is 7.12. The summed E-state index contributed by atoms with van der Waals surface area (Å²) < 4.78 is 0. The molecule has 88 valence electrons. The van der Waals surface area contributed by atoms with E-state index in [1.54, 1.807) is 4.90 Å². The molecule has 0 radical (unpaired) electrons. The van der Waals surface area contributed by atoms with Gasteiger partial charge in [-0.1, -0.05) is 43.8 Å². The summed E-state index contributed by atoms with van der Waals surface area (Å²) in [4.78, 5) is 13.5. The number of halogens is 1. The number of anilines is 1. The van der Waals surface area contributed by atoms with Crippen LogP contribution in [0.25, 0.3) is 0 Å². The van der Waals surface area contributed by atoms with E-state index < -0.39 is 0 Å². The molecule has 0 aromatic heterocycles. The smallest absolute Gasteiger partial charge is 0.287 e. The lowest BCUT2D eigenvalue weighted by atomic mass is 10.3. The highest BCUT2D eigenvalue weighted by Crippen LogP contribution is 2.20. The molecule has 1 rings (SSSR count). The molecule has 0 aliphatic heterocycles. The van der Waals surface area contributed by atoms with Gasteiger partial charge in [0, 0.05) is 11.4 Å². The maximum atomic E-state index is 11.9. The predicted octanol–water partition coefficient (Wildman–Crippen LogP) is 4.20. The van der Waals surface area contributed by atoms with Crippen molar-refractivity contribution >= 4 is 34.3 Å². The zero-order chi connectivity index (χ0) is 12.0. The highest BCUT2D eigenvalue weighted by Gasteiger charge is 2.15. The summed E-state index contributed by atoms with van der Waals surface area (Å²) in [6.07, 6.45) is 0. The van der Waals surface area contributed by atoms with Gasteiger partial charge in [0.2, 0.25) is 0 Å². The number of benzene rings is 1. The molecule has 0 N–H and O–H groups in total. The molecule has 1 amide bonds. The van der Waals surface area contributed by atoms with Crippen molar-refractivity contribution in [3.05, 3.63) is 30.3 Å². The summed E-state index contributed by atoms with van der Waals surface area (Å²) in [5.74, 6) is 1.32. The molecular weight excluding hydrogens is 242 g/mol. The van der Waals surface area contributed by atoms with Crippen LogP contribution in [0.4, 0.5) is 10.5 Å². The van der Waals surface area contributed by atoms with E-state index >= 15 is 0 Å². The van der Waals surface area contributed by atoms with E-state index in [1.807, 2.05) is 30.3 Å². The van der Waals surface area contributed by atoms with Gasteiger partial charge in [-0.2, -0.15) is 0 Å². The Morgan fingerprint density at radius 2 is 2.00 bits per heavy atom. The Morgan fingerprint density at radius 1 is 1.38 bits per heavy atom. The Balaban J connectivity index is 2.64. The molecular formula is C12H16ClNOS. The average Bonchev–Trinajstić information content (AvgIpc) is 2.29. The number of para-hydroxylation sites is 1. The molecule has 0 bridgehead atoms. The molecule has 0 spiro atoms. The third kappa shape index (κ3) is 4.06. The van der Waals surface area contributed by atoms with Crippen molar-refractivity contribution in [2.75, 3.05) is 16.7 Å². The first kappa shape index (κ1) is 13.4. The molecule has 1 aromatic rings. The first-order chi connectivity index (χ1) is 7.65. The molecule has 2 nitrogen and oxygen atoms in total. The topological polar surface area (TPSA) is 20.3 Å². The number of nitrogens with zero attached hydrogens (tertiary/aromatic N) is 1. The van der Waals surface area contributed by atoms with E-state index in [0.29, 0.717) is 5.92 Å².